The maximum Gasteiger partial charge on any atom is 0.221 e. The Balaban J connectivity index is 2.41. The molecular formula is C13H11N3O. The molecule has 0 spiro atoms. The minimum absolute atomic E-state index is 0.252. The fraction of sp³-hybridized carbons (Fsp3) is 0.0769. The van der Waals surface area contributed by atoms with Crippen LogP contribution in [0.5, 0.6) is 0 Å². The summed E-state index contributed by atoms with van der Waals surface area (Å²) in [7, 11) is 0. The van der Waals surface area contributed by atoms with Crippen LogP contribution >= 0.6 is 0 Å². The highest BCUT2D eigenvalue weighted by atomic mass is 16.1. The number of benzene rings is 1. The topological polar surface area (TPSA) is 60.4 Å². The van der Waals surface area contributed by atoms with Gasteiger partial charge in [-0.05, 0) is 17.7 Å². The number of rotatable bonds is 2. The third-order valence-electron chi connectivity index (χ3n) is 2.86. The van der Waals surface area contributed by atoms with Gasteiger partial charge in [0, 0.05) is 5.39 Å². The molecule has 0 aliphatic heterocycles. The number of pyridine rings is 1. The number of primary amides is 1. The van der Waals surface area contributed by atoms with Gasteiger partial charge >= 0.3 is 0 Å². The second-order valence-corrected chi connectivity index (χ2v) is 4.02. The van der Waals surface area contributed by atoms with Crippen molar-refractivity contribution in [2.75, 3.05) is 0 Å². The molecule has 1 aromatic carbocycles. The maximum atomic E-state index is 11.1. The molecule has 2 heterocycles. The van der Waals surface area contributed by atoms with Crippen LogP contribution in [0.4, 0.5) is 0 Å². The molecule has 4 heteroatoms. The van der Waals surface area contributed by atoms with Gasteiger partial charge < -0.3 is 5.73 Å². The minimum atomic E-state index is -0.320. The lowest BCUT2D eigenvalue weighted by molar-refractivity contribution is -0.117. The van der Waals surface area contributed by atoms with E-state index >= 15 is 0 Å². The SMILES string of the molecule is NC(=O)Cc1cc2cncn2c2ccccc12. The lowest BCUT2D eigenvalue weighted by Crippen LogP contribution is -2.14. The third-order valence-corrected chi connectivity index (χ3v) is 2.86. The molecule has 17 heavy (non-hydrogen) atoms. The van der Waals surface area contributed by atoms with E-state index in [0.29, 0.717) is 0 Å². The van der Waals surface area contributed by atoms with Crippen molar-refractivity contribution in [2.45, 2.75) is 6.42 Å². The normalized spacial score (nSPS) is 11.1. The summed E-state index contributed by atoms with van der Waals surface area (Å²) < 4.78 is 2.00. The van der Waals surface area contributed by atoms with Crippen molar-refractivity contribution in [3.05, 3.63) is 48.4 Å². The van der Waals surface area contributed by atoms with E-state index in [-0.39, 0.29) is 12.3 Å². The summed E-state index contributed by atoms with van der Waals surface area (Å²) in [5.41, 5.74) is 8.23. The van der Waals surface area contributed by atoms with Crippen LogP contribution in [0, 0.1) is 0 Å². The summed E-state index contributed by atoms with van der Waals surface area (Å²) in [4.78, 5) is 15.2. The first-order valence-electron chi connectivity index (χ1n) is 5.37. The molecule has 1 amide bonds. The van der Waals surface area contributed by atoms with Crippen LogP contribution in [0.3, 0.4) is 0 Å². The predicted molar refractivity (Wildman–Crippen MR) is 65.6 cm³/mol. The smallest absolute Gasteiger partial charge is 0.221 e. The number of fused-ring (bicyclic) bond motifs is 3. The molecule has 0 radical (unpaired) electrons. The Bertz CT molecular complexity index is 715. The van der Waals surface area contributed by atoms with Crippen molar-refractivity contribution < 1.29 is 4.79 Å². The van der Waals surface area contributed by atoms with Gasteiger partial charge in [0.05, 0.1) is 30.0 Å². The van der Waals surface area contributed by atoms with E-state index < -0.39 is 0 Å². The molecule has 0 bridgehead atoms. The lowest BCUT2D eigenvalue weighted by atomic mass is 10.1. The van der Waals surface area contributed by atoms with Crippen molar-refractivity contribution in [1.82, 2.24) is 9.38 Å². The van der Waals surface area contributed by atoms with Crippen molar-refractivity contribution in [3.8, 4) is 0 Å². The monoisotopic (exact) mass is 225 g/mol. The summed E-state index contributed by atoms with van der Waals surface area (Å²) in [6.45, 7) is 0. The number of carbonyl (C=O) groups is 1. The summed E-state index contributed by atoms with van der Waals surface area (Å²) in [5, 5.41) is 1.04. The Labute approximate surface area is 97.7 Å². The average Bonchev–Trinajstić information content (AvgIpc) is 2.77. The van der Waals surface area contributed by atoms with Crippen molar-refractivity contribution in [2.24, 2.45) is 5.73 Å². The molecular weight excluding hydrogens is 214 g/mol. The van der Waals surface area contributed by atoms with Crippen molar-refractivity contribution >= 4 is 22.3 Å². The predicted octanol–water partition coefficient (Wildman–Crippen LogP) is 1.52. The molecule has 0 saturated heterocycles. The Morgan fingerprint density at radius 3 is 3.00 bits per heavy atom. The van der Waals surface area contributed by atoms with Gasteiger partial charge in [0.2, 0.25) is 5.91 Å². The van der Waals surface area contributed by atoms with Crippen LogP contribution < -0.4 is 5.73 Å². The molecule has 0 atom stereocenters. The largest absolute Gasteiger partial charge is 0.369 e. The number of aromatic nitrogens is 2. The van der Waals surface area contributed by atoms with Crippen LogP contribution in [0.2, 0.25) is 0 Å². The molecule has 0 aliphatic rings. The molecule has 0 unspecified atom stereocenters. The minimum Gasteiger partial charge on any atom is -0.369 e. The second kappa shape index (κ2) is 3.59. The fourth-order valence-corrected chi connectivity index (χ4v) is 2.16. The average molecular weight is 225 g/mol. The van der Waals surface area contributed by atoms with Crippen molar-refractivity contribution in [3.63, 3.8) is 0 Å². The van der Waals surface area contributed by atoms with Gasteiger partial charge in [-0.25, -0.2) is 4.98 Å². The summed E-state index contributed by atoms with van der Waals surface area (Å²) >= 11 is 0. The Morgan fingerprint density at radius 2 is 2.18 bits per heavy atom. The van der Waals surface area contributed by atoms with E-state index in [2.05, 4.69) is 4.98 Å². The van der Waals surface area contributed by atoms with E-state index in [1.54, 1.807) is 12.5 Å². The quantitative estimate of drug-likeness (QED) is 0.718. The fourth-order valence-electron chi connectivity index (χ4n) is 2.16. The van der Waals surface area contributed by atoms with Gasteiger partial charge in [0.25, 0.3) is 0 Å². The molecule has 2 aromatic heterocycles. The van der Waals surface area contributed by atoms with Gasteiger partial charge in [0.15, 0.2) is 0 Å². The van der Waals surface area contributed by atoms with E-state index in [1.165, 1.54) is 0 Å². The number of amides is 1. The molecule has 84 valence electrons. The number of carbonyl (C=O) groups excluding carboxylic acids is 1. The molecule has 0 aliphatic carbocycles. The van der Waals surface area contributed by atoms with Gasteiger partial charge in [-0.2, -0.15) is 0 Å². The first-order valence-corrected chi connectivity index (χ1v) is 5.37. The van der Waals surface area contributed by atoms with Gasteiger partial charge in [-0.1, -0.05) is 18.2 Å². The third kappa shape index (κ3) is 1.54. The van der Waals surface area contributed by atoms with E-state index in [0.717, 1.165) is 22.0 Å². The number of imidazole rings is 1. The molecule has 3 rings (SSSR count). The highest BCUT2D eigenvalue weighted by Crippen LogP contribution is 2.22. The van der Waals surface area contributed by atoms with Gasteiger partial charge in [-0.15, -0.1) is 0 Å². The zero-order valence-corrected chi connectivity index (χ0v) is 9.13. The number of para-hydroxylation sites is 1. The number of nitrogens with two attached hydrogens (primary N) is 1. The zero-order valence-electron chi connectivity index (χ0n) is 9.13. The first kappa shape index (κ1) is 9.84. The molecule has 0 fully saturated rings. The van der Waals surface area contributed by atoms with Crippen LogP contribution in [0.1, 0.15) is 5.56 Å². The number of hydrogen-bond donors (Lipinski definition) is 1. The van der Waals surface area contributed by atoms with E-state index in [9.17, 15) is 4.79 Å². The van der Waals surface area contributed by atoms with Crippen LogP contribution in [-0.4, -0.2) is 15.3 Å². The van der Waals surface area contributed by atoms with Crippen LogP contribution in [-0.2, 0) is 11.2 Å². The standard InChI is InChI=1S/C13H11N3O/c14-13(17)6-9-5-10-7-15-8-16(10)12-4-2-1-3-11(9)12/h1-5,7-8H,6H2,(H2,14,17). The highest BCUT2D eigenvalue weighted by Gasteiger charge is 2.08. The molecule has 0 saturated carbocycles. The van der Waals surface area contributed by atoms with Crippen LogP contribution in [0.25, 0.3) is 16.4 Å². The molecule has 3 aromatic rings. The van der Waals surface area contributed by atoms with Gasteiger partial charge in [0.1, 0.15) is 0 Å². The maximum absolute atomic E-state index is 11.1. The summed E-state index contributed by atoms with van der Waals surface area (Å²) in [6.07, 6.45) is 3.80. The van der Waals surface area contributed by atoms with E-state index in [1.807, 2.05) is 34.7 Å². The van der Waals surface area contributed by atoms with Gasteiger partial charge in [-0.3, -0.25) is 9.20 Å². The summed E-state index contributed by atoms with van der Waals surface area (Å²) in [5.74, 6) is -0.320. The van der Waals surface area contributed by atoms with Crippen LogP contribution in [0.15, 0.2) is 42.9 Å². The summed E-state index contributed by atoms with van der Waals surface area (Å²) in [6, 6.07) is 9.88. The van der Waals surface area contributed by atoms with Crippen molar-refractivity contribution in [1.29, 1.82) is 0 Å². The Morgan fingerprint density at radius 1 is 1.35 bits per heavy atom. The van der Waals surface area contributed by atoms with E-state index in [4.69, 9.17) is 5.73 Å². The first-order chi connectivity index (χ1) is 8.25. The Kier molecular flexibility index (Phi) is 2.08. The molecule has 4 nitrogen and oxygen atoms in total. The zero-order chi connectivity index (χ0) is 11.8. The second-order valence-electron chi connectivity index (χ2n) is 4.02. The Hall–Kier alpha value is -2.36. The lowest BCUT2D eigenvalue weighted by Gasteiger charge is -2.07. The molecule has 2 N–H and O–H groups in total. The highest BCUT2D eigenvalue weighted by molar-refractivity contribution is 5.90. The number of hydrogen-bond acceptors (Lipinski definition) is 2. The number of nitrogens with zero attached hydrogens (tertiary/aromatic N) is 2.